The largest absolute Gasteiger partial charge is 0.443 e. The zero-order valence-corrected chi connectivity index (χ0v) is 21.5. The predicted molar refractivity (Wildman–Crippen MR) is 144 cm³/mol. The fourth-order valence-electron chi connectivity index (χ4n) is 3.77. The second-order valence-electron chi connectivity index (χ2n) is 9.19. The Kier molecular flexibility index (Phi) is 6.85. The number of ether oxygens (including phenoxy) is 1. The van der Waals surface area contributed by atoms with Gasteiger partial charge >= 0.3 is 6.09 Å². The van der Waals surface area contributed by atoms with E-state index in [9.17, 15) is 4.79 Å². The van der Waals surface area contributed by atoms with Gasteiger partial charge in [-0.1, -0.05) is 17.7 Å². The highest BCUT2D eigenvalue weighted by Crippen LogP contribution is 2.32. The average molecular weight is 506 g/mol. The Labute approximate surface area is 214 Å². The minimum Gasteiger partial charge on any atom is -0.443 e. The van der Waals surface area contributed by atoms with E-state index in [4.69, 9.17) is 21.7 Å². The van der Waals surface area contributed by atoms with Crippen LogP contribution >= 0.6 is 11.6 Å². The lowest BCUT2D eigenvalue weighted by molar-refractivity contribution is 0.0547. The van der Waals surface area contributed by atoms with Crippen molar-refractivity contribution in [3.05, 3.63) is 65.6 Å². The number of fused-ring (bicyclic) bond motifs is 1. The summed E-state index contributed by atoms with van der Waals surface area (Å²) in [7, 11) is 3.61. The van der Waals surface area contributed by atoms with Gasteiger partial charge in [0.25, 0.3) is 0 Å². The number of anilines is 2. The van der Waals surface area contributed by atoms with Gasteiger partial charge in [0.2, 0.25) is 0 Å². The molecule has 0 saturated heterocycles. The van der Waals surface area contributed by atoms with Crippen LogP contribution in [0.2, 0.25) is 5.02 Å². The summed E-state index contributed by atoms with van der Waals surface area (Å²) in [5.74, 6) is 0.515. The molecule has 0 saturated carbocycles. The third-order valence-corrected chi connectivity index (χ3v) is 5.64. The Balaban J connectivity index is 1.75. The monoisotopic (exact) mass is 505 g/mol. The van der Waals surface area contributed by atoms with Crippen molar-refractivity contribution >= 4 is 52.0 Å². The van der Waals surface area contributed by atoms with E-state index in [-0.39, 0.29) is 0 Å². The van der Waals surface area contributed by atoms with Crippen LogP contribution in [-0.4, -0.2) is 44.3 Å². The molecule has 0 bridgehead atoms. The summed E-state index contributed by atoms with van der Waals surface area (Å²) in [6.07, 6.45) is 7.62. The second-order valence-corrected chi connectivity index (χ2v) is 9.60. The fourth-order valence-corrected chi connectivity index (χ4v) is 4.00. The molecule has 0 unspecified atom stereocenters. The summed E-state index contributed by atoms with van der Waals surface area (Å²) >= 11 is 6.55. The molecule has 9 nitrogen and oxygen atoms in total. The van der Waals surface area contributed by atoms with Crippen molar-refractivity contribution in [2.24, 2.45) is 7.05 Å². The minimum absolute atomic E-state index is 0.485. The summed E-state index contributed by atoms with van der Waals surface area (Å²) in [4.78, 5) is 17.8. The normalized spacial score (nSPS) is 12.0. The van der Waals surface area contributed by atoms with Crippen LogP contribution in [0.25, 0.3) is 27.9 Å². The van der Waals surface area contributed by atoms with Crippen LogP contribution in [0.15, 0.2) is 55.0 Å². The van der Waals surface area contributed by atoms with Gasteiger partial charge in [-0.3, -0.25) is 4.68 Å². The zero-order chi connectivity index (χ0) is 26.0. The molecule has 0 aliphatic rings. The van der Waals surface area contributed by atoms with Crippen LogP contribution in [0.3, 0.4) is 0 Å². The van der Waals surface area contributed by atoms with Gasteiger partial charge in [-0.2, -0.15) is 5.10 Å². The van der Waals surface area contributed by atoms with Gasteiger partial charge in [0.1, 0.15) is 11.4 Å². The maximum atomic E-state index is 13.3. The molecule has 4 rings (SSSR count). The van der Waals surface area contributed by atoms with E-state index in [0.717, 1.165) is 22.2 Å². The maximum Gasteiger partial charge on any atom is 0.419 e. The molecule has 0 aliphatic carbocycles. The van der Waals surface area contributed by atoms with Crippen LogP contribution in [0, 0.1) is 5.41 Å². The molecule has 3 aromatic heterocycles. The summed E-state index contributed by atoms with van der Waals surface area (Å²) < 4.78 is 8.93. The molecular formula is C26H28ClN7O2. The molecule has 1 aromatic carbocycles. The van der Waals surface area contributed by atoms with Crippen molar-refractivity contribution in [1.82, 2.24) is 24.6 Å². The number of allylic oxidation sites excluding steroid dienone is 1. The first-order chi connectivity index (χ1) is 17.1. The molecular weight excluding hydrogens is 478 g/mol. The molecule has 0 aliphatic heterocycles. The summed E-state index contributed by atoms with van der Waals surface area (Å²) in [5.41, 5.74) is 3.69. The Morgan fingerprint density at radius 3 is 2.58 bits per heavy atom. The van der Waals surface area contributed by atoms with Gasteiger partial charge in [0.05, 0.1) is 28.1 Å². The quantitative estimate of drug-likeness (QED) is 0.284. The van der Waals surface area contributed by atoms with Crippen molar-refractivity contribution in [1.29, 1.82) is 5.41 Å². The number of carbonyl (C=O) groups is 1. The number of halogens is 1. The van der Waals surface area contributed by atoms with Gasteiger partial charge in [-0.25, -0.2) is 14.3 Å². The van der Waals surface area contributed by atoms with Crippen LogP contribution in [-0.2, 0) is 11.8 Å². The van der Waals surface area contributed by atoms with Crippen LogP contribution in [0.4, 0.5) is 16.3 Å². The standard InChI is InChI=1S/C26H28ClN7O2/c1-26(2,3)36-25(35)34-22(18-14-31-33(5)15-18)11-17-13-30-24(12-23(17)34)32-21-7-6-16(10-19(21)27)20(29-4)8-9-28/h6-15,28-29H,1-5H3,(H,30,32)/b20-8-,28-9?. The van der Waals surface area contributed by atoms with E-state index in [1.54, 1.807) is 42.3 Å². The highest BCUT2D eigenvalue weighted by molar-refractivity contribution is 6.33. The lowest BCUT2D eigenvalue weighted by atomic mass is 10.1. The van der Waals surface area contributed by atoms with Gasteiger partial charge in [-0.15, -0.1) is 0 Å². The van der Waals surface area contributed by atoms with Crippen molar-refractivity contribution in [3.8, 4) is 11.3 Å². The van der Waals surface area contributed by atoms with E-state index in [2.05, 4.69) is 20.7 Å². The van der Waals surface area contributed by atoms with Crippen molar-refractivity contribution in [2.45, 2.75) is 26.4 Å². The zero-order valence-electron chi connectivity index (χ0n) is 20.8. The van der Waals surface area contributed by atoms with E-state index < -0.39 is 11.7 Å². The summed E-state index contributed by atoms with van der Waals surface area (Å²) in [5, 5.41) is 19.1. The Morgan fingerprint density at radius 2 is 1.97 bits per heavy atom. The first-order valence-corrected chi connectivity index (χ1v) is 11.7. The van der Waals surface area contributed by atoms with Crippen molar-refractivity contribution < 1.29 is 9.53 Å². The van der Waals surface area contributed by atoms with E-state index in [0.29, 0.717) is 27.7 Å². The molecule has 4 aromatic rings. The maximum absolute atomic E-state index is 13.3. The first-order valence-electron chi connectivity index (χ1n) is 11.3. The summed E-state index contributed by atoms with van der Waals surface area (Å²) in [6.45, 7) is 5.49. The number of aryl methyl sites for hydroxylation is 1. The number of aromatic nitrogens is 4. The van der Waals surface area contributed by atoms with Crippen molar-refractivity contribution in [3.63, 3.8) is 0 Å². The highest BCUT2D eigenvalue weighted by atomic mass is 35.5. The number of nitrogens with zero attached hydrogens (tertiary/aromatic N) is 4. The molecule has 0 amide bonds. The molecule has 0 atom stereocenters. The number of nitrogens with one attached hydrogen (secondary N) is 3. The van der Waals surface area contributed by atoms with Crippen LogP contribution in [0.1, 0.15) is 26.3 Å². The van der Waals surface area contributed by atoms with Crippen molar-refractivity contribution in [2.75, 3.05) is 12.4 Å². The number of pyridine rings is 1. The molecule has 186 valence electrons. The first kappa shape index (κ1) is 25.0. The molecule has 0 fully saturated rings. The van der Waals surface area contributed by atoms with Gasteiger partial charge in [-0.05, 0) is 50.6 Å². The number of hydrogen-bond donors (Lipinski definition) is 3. The molecule has 36 heavy (non-hydrogen) atoms. The van der Waals surface area contributed by atoms with E-state index in [1.807, 2.05) is 52.2 Å². The smallest absolute Gasteiger partial charge is 0.419 e. The SMILES string of the molecule is CN/C(=C\C=N)c1ccc(Nc2cc3c(cn2)cc(-c2cnn(C)c2)n3C(=O)OC(C)(C)C)c(Cl)c1. The molecule has 3 N–H and O–H groups in total. The molecule has 10 heteroatoms. The minimum atomic E-state index is -0.665. The highest BCUT2D eigenvalue weighted by Gasteiger charge is 2.24. The lowest BCUT2D eigenvalue weighted by Crippen LogP contribution is -2.27. The van der Waals surface area contributed by atoms with E-state index in [1.165, 1.54) is 10.8 Å². The van der Waals surface area contributed by atoms with Gasteiger partial charge < -0.3 is 20.8 Å². The predicted octanol–water partition coefficient (Wildman–Crippen LogP) is 5.83. The number of rotatable bonds is 6. The fraction of sp³-hybridized carbons (Fsp3) is 0.231. The second kappa shape index (κ2) is 9.87. The molecule has 0 spiro atoms. The Morgan fingerprint density at radius 1 is 1.19 bits per heavy atom. The Bertz CT molecular complexity index is 1480. The lowest BCUT2D eigenvalue weighted by Gasteiger charge is -2.21. The number of carbonyl (C=O) groups excluding carboxylic acids is 1. The van der Waals surface area contributed by atoms with Gasteiger partial charge in [0.15, 0.2) is 0 Å². The van der Waals surface area contributed by atoms with Crippen LogP contribution < -0.4 is 10.6 Å². The number of hydrogen-bond acceptors (Lipinski definition) is 7. The molecule has 3 heterocycles. The number of benzene rings is 1. The third-order valence-electron chi connectivity index (χ3n) is 5.32. The van der Waals surface area contributed by atoms with Crippen LogP contribution in [0.5, 0.6) is 0 Å². The summed E-state index contributed by atoms with van der Waals surface area (Å²) in [6, 6.07) is 9.22. The topological polar surface area (TPSA) is 110 Å². The molecule has 0 radical (unpaired) electrons. The third kappa shape index (κ3) is 5.26. The Hall–Kier alpha value is -4.11. The van der Waals surface area contributed by atoms with E-state index >= 15 is 0 Å². The van der Waals surface area contributed by atoms with Gasteiger partial charge in [0, 0.05) is 55.4 Å². The average Bonchev–Trinajstić information content (AvgIpc) is 3.41.